The van der Waals surface area contributed by atoms with Crippen molar-refractivity contribution in [3.63, 3.8) is 0 Å². The summed E-state index contributed by atoms with van der Waals surface area (Å²) in [5.74, 6) is 0.970. The van der Waals surface area contributed by atoms with Gasteiger partial charge < -0.3 is 15.0 Å². The SMILES string of the molecule is COc1cccc2sc(N3CC(C(=O)NC(C)(C)C)C3)nc12. The molecule has 1 aliphatic rings. The summed E-state index contributed by atoms with van der Waals surface area (Å²) in [6.45, 7) is 7.46. The molecule has 0 unspecified atom stereocenters. The number of thiazole rings is 1. The lowest BCUT2D eigenvalue weighted by Crippen LogP contribution is -2.56. The maximum absolute atomic E-state index is 12.1. The maximum Gasteiger partial charge on any atom is 0.227 e. The van der Waals surface area contributed by atoms with E-state index in [0.29, 0.717) is 0 Å². The lowest BCUT2D eigenvalue weighted by atomic mass is 9.98. The quantitative estimate of drug-likeness (QED) is 0.945. The Balaban J connectivity index is 1.69. The highest BCUT2D eigenvalue weighted by Crippen LogP contribution is 2.36. The highest BCUT2D eigenvalue weighted by Gasteiger charge is 2.35. The standard InChI is InChI=1S/C16H21N3O2S/c1-16(2,3)18-14(20)10-8-19(9-10)15-17-13-11(21-4)6-5-7-12(13)22-15/h5-7,10H,8-9H2,1-4H3,(H,18,20). The molecule has 1 aromatic heterocycles. The van der Waals surface area contributed by atoms with Crippen LogP contribution in [0.3, 0.4) is 0 Å². The van der Waals surface area contributed by atoms with Crippen molar-refractivity contribution in [3.8, 4) is 5.75 Å². The Morgan fingerprint density at radius 1 is 1.41 bits per heavy atom. The van der Waals surface area contributed by atoms with E-state index in [2.05, 4.69) is 15.2 Å². The fourth-order valence-electron chi connectivity index (χ4n) is 2.48. The molecule has 0 bridgehead atoms. The van der Waals surface area contributed by atoms with Gasteiger partial charge in [0.25, 0.3) is 0 Å². The number of methoxy groups -OCH3 is 1. The minimum Gasteiger partial charge on any atom is -0.494 e. The van der Waals surface area contributed by atoms with Crippen LogP contribution in [0.4, 0.5) is 5.13 Å². The van der Waals surface area contributed by atoms with Gasteiger partial charge in [-0.2, -0.15) is 0 Å². The zero-order valence-corrected chi connectivity index (χ0v) is 14.2. The van der Waals surface area contributed by atoms with E-state index in [0.717, 1.165) is 34.2 Å². The highest BCUT2D eigenvalue weighted by atomic mass is 32.1. The number of ether oxygens (including phenoxy) is 1. The molecule has 0 aliphatic carbocycles. The third-order valence-corrected chi connectivity index (χ3v) is 4.69. The lowest BCUT2D eigenvalue weighted by Gasteiger charge is -2.39. The number of hydrogen-bond donors (Lipinski definition) is 1. The predicted octanol–water partition coefficient (Wildman–Crippen LogP) is 2.66. The molecule has 2 aromatic rings. The van der Waals surface area contributed by atoms with Gasteiger partial charge in [0.2, 0.25) is 5.91 Å². The van der Waals surface area contributed by atoms with Crippen LogP contribution in [-0.2, 0) is 4.79 Å². The topological polar surface area (TPSA) is 54.5 Å². The summed E-state index contributed by atoms with van der Waals surface area (Å²) in [4.78, 5) is 18.9. The summed E-state index contributed by atoms with van der Waals surface area (Å²) in [7, 11) is 1.66. The minimum atomic E-state index is -0.180. The maximum atomic E-state index is 12.1. The Bertz CT molecular complexity index is 699. The van der Waals surface area contributed by atoms with E-state index in [1.807, 2.05) is 39.0 Å². The van der Waals surface area contributed by atoms with E-state index in [1.165, 1.54) is 0 Å². The summed E-state index contributed by atoms with van der Waals surface area (Å²) in [6.07, 6.45) is 0. The van der Waals surface area contributed by atoms with E-state index in [1.54, 1.807) is 18.4 Å². The van der Waals surface area contributed by atoms with Gasteiger partial charge in [-0.15, -0.1) is 0 Å². The fourth-order valence-corrected chi connectivity index (χ4v) is 3.49. The molecule has 6 heteroatoms. The highest BCUT2D eigenvalue weighted by molar-refractivity contribution is 7.22. The second-order valence-corrected chi connectivity index (χ2v) is 7.65. The van der Waals surface area contributed by atoms with Crippen LogP contribution in [0.1, 0.15) is 20.8 Å². The number of para-hydroxylation sites is 1. The number of benzene rings is 1. The van der Waals surface area contributed by atoms with Gasteiger partial charge >= 0.3 is 0 Å². The fraction of sp³-hybridized carbons (Fsp3) is 0.500. The molecule has 5 nitrogen and oxygen atoms in total. The normalized spacial score (nSPS) is 15.7. The van der Waals surface area contributed by atoms with Crippen molar-refractivity contribution in [1.82, 2.24) is 10.3 Å². The lowest BCUT2D eigenvalue weighted by molar-refractivity contribution is -0.127. The van der Waals surface area contributed by atoms with Crippen LogP contribution in [0.5, 0.6) is 5.75 Å². The number of rotatable bonds is 3. The zero-order valence-electron chi connectivity index (χ0n) is 13.3. The van der Waals surface area contributed by atoms with Crippen LogP contribution in [-0.4, -0.2) is 36.6 Å². The second kappa shape index (κ2) is 5.43. The average Bonchev–Trinajstić information content (AvgIpc) is 2.77. The molecule has 1 N–H and O–H groups in total. The second-order valence-electron chi connectivity index (χ2n) is 6.64. The summed E-state index contributed by atoms with van der Waals surface area (Å²) in [6, 6.07) is 5.93. The molecule has 118 valence electrons. The minimum absolute atomic E-state index is 0.0492. The number of carbonyl (C=O) groups excluding carboxylic acids is 1. The predicted molar refractivity (Wildman–Crippen MR) is 89.8 cm³/mol. The number of aromatic nitrogens is 1. The Hall–Kier alpha value is -1.82. The monoisotopic (exact) mass is 319 g/mol. The molecule has 1 saturated heterocycles. The third kappa shape index (κ3) is 2.88. The first kappa shape index (κ1) is 15.1. The van der Waals surface area contributed by atoms with E-state index >= 15 is 0 Å². The molecule has 0 saturated carbocycles. The van der Waals surface area contributed by atoms with E-state index in [4.69, 9.17) is 4.74 Å². The largest absolute Gasteiger partial charge is 0.494 e. The Kier molecular flexibility index (Phi) is 3.72. The van der Waals surface area contributed by atoms with Gasteiger partial charge in [0, 0.05) is 18.6 Å². The van der Waals surface area contributed by atoms with E-state index < -0.39 is 0 Å². The van der Waals surface area contributed by atoms with Gasteiger partial charge in [0.05, 0.1) is 17.7 Å². The number of carbonyl (C=O) groups is 1. The summed E-state index contributed by atoms with van der Waals surface area (Å²) >= 11 is 1.64. The number of amides is 1. The first-order valence-electron chi connectivity index (χ1n) is 7.38. The Morgan fingerprint density at radius 3 is 2.77 bits per heavy atom. The molecule has 1 fully saturated rings. The summed E-state index contributed by atoms with van der Waals surface area (Å²) in [5.41, 5.74) is 0.716. The molecule has 0 spiro atoms. The van der Waals surface area contributed by atoms with Gasteiger partial charge in [-0.3, -0.25) is 4.79 Å². The van der Waals surface area contributed by atoms with Gasteiger partial charge in [-0.1, -0.05) is 17.4 Å². The molecule has 1 aromatic carbocycles. The van der Waals surface area contributed by atoms with Crippen molar-refractivity contribution in [1.29, 1.82) is 0 Å². The van der Waals surface area contributed by atoms with Gasteiger partial charge in [-0.25, -0.2) is 4.98 Å². The van der Waals surface area contributed by atoms with Crippen molar-refractivity contribution < 1.29 is 9.53 Å². The van der Waals surface area contributed by atoms with Crippen LogP contribution in [0.2, 0.25) is 0 Å². The molecule has 1 amide bonds. The van der Waals surface area contributed by atoms with E-state index in [9.17, 15) is 4.79 Å². The average molecular weight is 319 g/mol. The first-order valence-corrected chi connectivity index (χ1v) is 8.19. The summed E-state index contributed by atoms with van der Waals surface area (Å²) < 4.78 is 6.46. The Morgan fingerprint density at radius 2 is 2.14 bits per heavy atom. The van der Waals surface area contributed by atoms with Crippen molar-refractivity contribution in [2.45, 2.75) is 26.3 Å². The number of nitrogens with one attached hydrogen (secondary N) is 1. The van der Waals surface area contributed by atoms with Gasteiger partial charge in [0.1, 0.15) is 11.3 Å². The molecule has 22 heavy (non-hydrogen) atoms. The molecule has 0 radical (unpaired) electrons. The summed E-state index contributed by atoms with van der Waals surface area (Å²) in [5, 5.41) is 3.99. The van der Waals surface area contributed by atoms with Crippen molar-refractivity contribution >= 4 is 32.6 Å². The first-order chi connectivity index (χ1) is 10.4. The van der Waals surface area contributed by atoms with Crippen LogP contribution in [0, 0.1) is 5.92 Å². The number of anilines is 1. The Labute approximate surface area is 134 Å². The van der Waals surface area contributed by atoms with Gasteiger partial charge in [0.15, 0.2) is 5.13 Å². The zero-order chi connectivity index (χ0) is 15.9. The molecule has 2 heterocycles. The van der Waals surface area contributed by atoms with Crippen LogP contribution in [0.15, 0.2) is 18.2 Å². The van der Waals surface area contributed by atoms with Crippen LogP contribution in [0.25, 0.3) is 10.2 Å². The number of fused-ring (bicyclic) bond motifs is 1. The number of nitrogens with zero attached hydrogens (tertiary/aromatic N) is 2. The molecule has 3 rings (SSSR count). The van der Waals surface area contributed by atoms with E-state index in [-0.39, 0.29) is 17.4 Å². The smallest absolute Gasteiger partial charge is 0.227 e. The number of hydrogen-bond acceptors (Lipinski definition) is 5. The van der Waals surface area contributed by atoms with Crippen molar-refractivity contribution in [3.05, 3.63) is 18.2 Å². The molecule has 1 aliphatic heterocycles. The van der Waals surface area contributed by atoms with Crippen LogP contribution >= 0.6 is 11.3 Å². The third-order valence-electron chi connectivity index (χ3n) is 3.61. The van der Waals surface area contributed by atoms with Gasteiger partial charge in [-0.05, 0) is 32.9 Å². The molecular formula is C16H21N3O2S. The molecular weight excluding hydrogens is 298 g/mol. The van der Waals surface area contributed by atoms with Crippen molar-refractivity contribution in [2.75, 3.05) is 25.1 Å². The van der Waals surface area contributed by atoms with Crippen molar-refractivity contribution in [2.24, 2.45) is 5.92 Å². The van der Waals surface area contributed by atoms with Crippen LogP contribution < -0.4 is 15.0 Å². The molecule has 0 atom stereocenters.